The molecule has 0 spiro atoms. The van der Waals surface area contributed by atoms with Crippen molar-refractivity contribution in [1.29, 1.82) is 0 Å². The highest BCUT2D eigenvalue weighted by atomic mass is 15.0. The largest absolute Gasteiger partial charge is 0.363 e. The molecule has 1 unspecified atom stereocenters. The van der Waals surface area contributed by atoms with E-state index in [0.717, 1.165) is 17.1 Å². The Kier molecular flexibility index (Phi) is 4.69. The Morgan fingerprint density at radius 1 is 1.10 bits per heavy atom. The quantitative estimate of drug-likeness (QED) is 0.875. The number of benzene rings is 1. The van der Waals surface area contributed by atoms with Crippen molar-refractivity contribution in [3.8, 4) is 0 Å². The summed E-state index contributed by atoms with van der Waals surface area (Å²) < 4.78 is 0. The summed E-state index contributed by atoms with van der Waals surface area (Å²) in [4.78, 5) is 8.56. The first-order chi connectivity index (χ1) is 9.60. The van der Waals surface area contributed by atoms with Crippen LogP contribution in [0.2, 0.25) is 0 Å². The molecule has 4 nitrogen and oxygen atoms in total. The van der Waals surface area contributed by atoms with Crippen molar-refractivity contribution in [3.63, 3.8) is 0 Å². The molecule has 1 heterocycles. The van der Waals surface area contributed by atoms with Crippen molar-refractivity contribution in [1.82, 2.24) is 9.97 Å². The number of aromatic nitrogens is 2. The van der Waals surface area contributed by atoms with Gasteiger partial charge < -0.3 is 11.1 Å². The summed E-state index contributed by atoms with van der Waals surface area (Å²) in [6.45, 7) is 6.95. The lowest BCUT2D eigenvalue weighted by Crippen LogP contribution is -2.09. The van der Waals surface area contributed by atoms with Gasteiger partial charge in [-0.25, -0.2) is 9.97 Å². The van der Waals surface area contributed by atoms with E-state index in [-0.39, 0.29) is 6.04 Å². The SMILES string of the molecule is CC(C)c1cc(NC(C)c2ccc(CN)cc2)ncn1. The van der Waals surface area contributed by atoms with Crippen LogP contribution in [0.25, 0.3) is 0 Å². The van der Waals surface area contributed by atoms with Crippen molar-refractivity contribution in [2.24, 2.45) is 5.73 Å². The summed E-state index contributed by atoms with van der Waals surface area (Å²) in [5.74, 6) is 1.26. The van der Waals surface area contributed by atoms with Gasteiger partial charge in [-0.2, -0.15) is 0 Å². The van der Waals surface area contributed by atoms with Crippen LogP contribution in [0.5, 0.6) is 0 Å². The van der Waals surface area contributed by atoms with E-state index in [2.05, 4.69) is 60.3 Å². The van der Waals surface area contributed by atoms with E-state index in [1.165, 1.54) is 5.56 Å². The molecule has 0 aliphatic carbocycles. The Labute approximate surface area is 120 Å². The van der Waals surface area contributed by atoms with Gasteiger partial charge in [0.25, 0.3) is 0 Å². The van der Waals surface area contributed by atoms with Gasteiger partial charge >= 0.3 is 0 Å². The summed E-state index contributed by atoms with van der Waals surface area (Å²) in [6, 6.07) is 10.5. The average Bonchev–Trinajstić information content (AvgIpc) is 2.47. The lowest BCUT2D eigenvalue weighted by molar-refractivity contribution is 0.807. The van der Waals surface area contributed by atoms with Crippen LogP contribution in [0.1, 0.15) is 49.6 Å². The summed E-state index contributed by atoms with van der Waals surface area (Å²) in [5.41, 5.74) is 9.02. The molecule has 1 aromatic heterocycles. The van der Waals surface area contributed by atoms with Gasteiger partial charge in [0, 0.05) is 24.3 Å². The fourth-order valence-electron chi connectivity index (χ4n) is 2.01. The zero-order chi connectivity index (χ0) is 14.5. The van der Waals surface area contributed by atoms with E-state index >= 15 is 0 Å². The third-order valence-electron chi connectivity index (χ3n) is 3.36. The maximum absolute atomic E-state index is 5.61. The number of hydrogen-bond acceptors (Lipinski definition) is 4. The molecule has 106 valence electrons. The number of hydrogen-bond donors (Lipinski definition) is 2. The topological polar surface area (TPSA) is 63.8 Å². The van der Waals surface area contributed by atoms with E-state index in [0.29, 0.717) is 12.5 Å². The highest BCUT2D eigenvalue weighted by molar-refractivity contribution is 5.39. The zero-order valence-electron chi connectivity index (χ0n) is 12.3. The Hall–Kier alpha value is -1.94. The molecule has 2 aromatic rings. The summed E-state index contributed by atoms with van der Waals surface area (Å²) in [5, 5.41) is 3.41. The van der Waals surface area contributed by atoms with Crippen LogP contribution in [0, 0.1) is 0 Å². The molecule has 0 aliphatic rings. The molecular formula is C16H22N4. The second-order valence-corrected chi connectivity index (χ2v) is 5.29. The van der Waals surface area contributed by atoms with E-state index in [1.807, 2.05) is 6.07 Å². The molecule has 1 aromatic carbocycles. The molecule has 3 N–H and O–H groups in total. The van der Waals surface area contributed by atoms with Crippen LogP contribution in [-0.2, 0) is 6.54 Å². The van der Waals surface area contributed by atoms with Gasteiger partial charge in [0.15, 0.2) is 0 Å². The van der Waals surface area contributed by atoms with Gasteiger partial charge in [-0.05, 0) is 24.0 Å². The Morgan fingerprint density at radius 3 is 2.40 bits per heavy atom. The van der Waals surface area contributed by atoms with Crippen LogP contribution >= 0.6 is 0 Å². The van der Waals surface area contributed by atoms with Crippen LogP contribution in [0.15, 0.2) is 36.7 Å². The maximum atomic E-state index is 5.61. The van der Waals surface area contributed by atoms with Crippen LogP contribution < -0.4 is 11.1 Å². The average molecular weight is 270 g/mol. The number of nitrogens with zero attached hydrogens (tertiary/aromatic N) is 2. The van der Waals surface area contributed by atoms with E-state index in [4.69, 9.17) is 5.73 Å². The van der Waals surface area contributed by atoms with Crippen LogP contribution in [0.3, 0.4) is 0 Å². The molecule has 1 atom stereocenters. The van der Waals surface area contributed by atoms with Crippen LogP contribution in [0.4, 0.5) is 5.82 Å². The lowest BCUT2D eigenvalue weighted by Gasteiger charge is -2.16. The first-order valence-electron chi connectivity index (χ1n) is 6.97. The smallest absolute Gasteiger partial charge is 0.130 e. The first kappa shape index (κ1) is 14.5. The fourth-order valence-corrected chi connectivity index (χ4v) is 2.01. The molecule has 4 heteroatoms. The van der Waals surface area contributed by atoms with Crippen molar-refractivity contribution in [2.45, 2.75) is 39.3 Å². The number of nitrogens with two attached hydrogens (primary N) is 1. The Bertz CT molecular complexity index is 549. The number of rotatable bonds is 5. The van der Waals surface area contributed by atoms with Crippen molar-refractivity contribution in [3.05, 3.63) is 53.5 Å². The predicted octanol–water partition coefficient (Wildman–Crippen LogP) is 3.23. The zero-order valence-corrected chi connectivity index (χ0v) is 12.3. The van der Waals surface area contributed by atoms with E-state index < -0.39 is 0 Å². The predicted molar refractivity (Wildman–Crippen MR) is 82.5 cm³/mol. The lowest BCUT2D eigenvalue weighted by atomic mass is 10.1. The van der Waals surface area contributed by atoms with Crippen molar-refractivity contribution >= 4 is 5.82 Å². The van der Waals surface area contributed by atoms with Crippen molar-refractivity contribution in [2.75, 3.05) is 5.32 Å². The Balaban J connectivity index is 2.10. The van der Waals surface area contributed by atoms with Crippen molar-refractivity contribution < 1.29 is 0 Å². The summed E-state index contributed by atoms with van der Waals surface area (Å²) in [7, 11) is 0. The minimum Gasteiger partial charge on any atom is -0.363 e. The normalized spacial score (nSPS) is 12.4. The van der Waals surface area contributed by atoms with Gasteiger partial charge in [-0.3, -0.25) is 0 Å². The summed E-state index contributed by atoms with van der Waals surface area (Å²) in [6.07, 6.45) is 1.61. The van der Waals surface area contributed by atoms with Gasteiger partial charge in [-0.15, -0.1) is 0 Å². The standard InChI is InChI=1S/C16H22N4/c1-11(2)15-8-16(19-10-18-15)20-12(3)14-6-4-13(9-17)5-7-14/h4-8,10-12H,9,17H2,1-3H3,(H,18,19,20). The molecule has 0 saturated carbocycles. The maximum Gasteiger partial charge on any atom is 0.130 e. The second kappa shape index (κ2) is 6.48. The third kappa shape index (κ3) is 3.54. The molecule has 0 aliphatic heterocycles. The minimum atomic E-state index is 0.191. The molecule has 0 bridgehead atoms. The van der Waals surface area contributed by atoms with E-state index in [9.17, 15) is 0 Å². The fraction of sp³-hybridized carbons (Fsp3) is 0.375. The molecule has 0 radical (unpaired) electrons. The monoisotopic (exact) mass is 270 g/mol. The third-order valence-corrected chi connectivity index (χ3v) is 3.36. The van der Waals surface area contributed by atoms with Gasteiger partial charge in [0.1, 0.15) is 12.1 Å². The minimum absolute atomic E-state index is 0.191. The highest BCUT2D eigenvalue weighted by Gasteiger charge is 2.08. The molecule has 2 rings (SSSR count). The molecule has 20 heavy (non-hydrogen) atoms. The molecule has 0 saturated heterocycles. The summed E-state index contributed by atoms with van der Waals surface area (Å²) >= 11 is 0. The second-order valence-electron chi connectivity index (χ2n) is 5.29. The molecular weight excluding hydrogens is 248 g/mol. The molecule has 0 fully saturated rings. The van der Waals surface area contributed by atoms with Gasteiger partial charge in [0.2, 0.25) is 0 Å². The highest BCUT2D eigenvalue weighted by Crippen LogP contribution is 2.20. The number of anilines is 1. The molecule has 0 amide bonds. The van der Waals surface area contributed by atoms with E-state index in [1.54, 1.807) is 6.33 Å². The van der Waals surface area contributed by atoms with Crippen LogP contribution in [-0.4, -0.2) is 9.97 Å². The Morgan fingerprint density at radius 2 is 1.80 bits per heavy atom. The van der Waals surface area contributed by atoms with Gasteiger partial charge in [0.05, 0.1) is 0 Å². The number of nitrogens with one attached hydrogen (secondary N) is 1. The van der Waals surface area contributed by atoms with Gasteiger partial charge in [-0.1, -0.05) is 38.1 Å². The first-order valence-corrected chi connectivity index (χ1v) is 6.97.